The van der Waals surface area contributed by atoms with E-state index in [1.54, 1.807) is 0 Å². The third kappa shape index (κ3) is 5.70. The molecular weight excluding hydrogens is 410 g/mol. The van der Waals surface area contributed by atoms with Crippen molar-refractivity contribution in [2.24, 2.45) is 11.8 Å². The lowest BCUT2D eigenvalue weighted by atomic mass is 9.90. The Kier molecular flexibility index (Phi) is 9.19. The van der Waals surface area contributed by atoms with E-state index in [0.717, 1.165) is 56.1 Å². The standard InChI is InChI=1S/C28H39N3O2/c1-5-11-25-23(14-10-15-30-25)18-31(26(19-32)20(6-2)7-3)28(33)27(29-4)24-16-21-12-8-9-13-22(21)17-24/h8-10,12-15,19-20,24,26-27,29H,5-7,11,16-18H2,1-4H3. The molecule has 1 aromatic heterocycles. The van der Waals surface area contributed by atoms with Crippen LogP contribution in [0, 0.1) is 11.8 Å². The first-order chi connectivity index (χ1) is 16.1. The molecule has 2 atom stereocenters. The van der Waals surface area contributed by atoms with Crippen molar-refractivity contribution in [3.63, 3.8) is 0 Å². The van der Waals surface area contributed by atoms with Crippen LogP contribution in [0.25, 0.3) is 0 Å². The van der Waals surface area contributed by atoms with E-state index in [2.05, 4.69) is 55.3 Å². The number of carbonyl (C=O) groups is 2. The topological polar surface area (TPSA) is 62.3 Å². The average molecular weight is 450 g/mol. The molecular formula is C28H39N3O2. The number of aromatic nitrogens is 1. The Morgan fingerprint density at radius 3 is 2.33 bits per heavy atom. The Morgan fingerprint density at radius 1 is 1.12 bits per heavy atom. The Labute approximate surface area is 199 Å². The predicted molar refractivity (Wildman–Crippen MR) is 133 cm³/mol. The molecule has 0 saturated heterocycles. The molecule has 2 aromatic rings. The highest BCUT2D eigenvalue weighted by molar-refractivity contribution is 5.85. The number of carbonyl (C=O) groups excluding carboxylic acids is 2. The molecule has 5 heteroatoms. The fourth-order valence-corrected chi connectivity index (χ4v) is 5.37. The van der Waals surface area contributed by atoms with Crippen molar-refractivity contribution in [3.05, 3.63) is 65.0 Å². The zero-order valence-corrected chi connectivity index (χ0v) is 20.6. The molecule has 0 fully saturated rings. The van der Waals surface area contributed by atoms with Gasteiger partial charge in [0.1, 0.15) is 6.29 Å². The number of aldehydes is 1. The number of benzene rings is 1. The Hall–Kier alpha value is -2.53. The summed E-state index contributed by atoms with van der Waals surface area (Å²) < 4.78 is 0. The van der Waals surface area contributed by atoms with Gasteiger partial charge in [-0.15, -0.1) is 0 Å². The number of pyridine rings is 1. The van der Waals surface area contributed by atoms with Crippen molar-refractivity contribution < 1.29 is 9.59 Å². The van der Waals surface area contributed by atoms with Crippen LogP contribution >= 0.6 is 0 Å². The van der Waals surface area contributed by atoms with Crippen LogP contribution in [-0.2, 0) is 35.4 Å². The van der Waals surface area contributed by atoms with Gasteiger partial charge in [0.15, 0.2) is 0 Å². The van der Waals surface area contributed by atoms with Gasteiger partial charge in [-0.05, 0) is 60.9 Å². The summed E-state index contributed by atoms with van der Waals surface area (Å²) in [6.07, 6.45) is 8.13. The molecule has 33 heavy (non-hydrogen) atoms. The summed E-state index contributed by atoms with van der Waals surface area (Å²) in [4.78, 5) is 32.9. The van der Waals surface area contributed by atoms with E-state index in [-0.39, 0.29) is 23.8 Å². The van der Waals surface area contributed by atoms with Gasteiger partial charge in [0, 0.05) is 18.4 Å². The molecule has 1 heterocycles. The second-order valence-electron chi connectivity index (χ2n) is 9.23. The van der Waals surface area contributed by atoms with Gasteiger partial charge in [-0.25, -0.2) is 0 Å². The lowest BCUT2D eigenvalue weighted by molar-refractivity contribution is -0.142. The highest BCUT2D eigenvalue weighted by atomic mass is 16.2. The molecule has 1 aliphatic rings. The third-order valence-corrected chi connectivity index (χ3v) is 7.26. The molecule has 0 radical (unpaired) electrons. The fourth-order valence-electron chi connectivity index (χ4n) is 5.37. The highest BCUT2D eigenvalue weighted by Gasteiger charge is 2.38. The van der Waals surface area contributed by atoms with E-state index in [1.165, 1.54) is 11.1 Å². The zero-order valence-electron chi connectivity index (χ0n) is 20.6. The van der Waals surface area contributed by atoms with Gasteiger partial charge in [0.2, 0.25) is 5.91 Å². The second kappa shape index (κ2) is 12.1. The van der Waals surface area contributed by atoms with Crippen molar-refractivity contribution >= 4 is 12.2 Å². The minimum absolute atomic E-state index is 0.0191. The number of rotatable bonds is 12. The molecule has 0 saturated carbocycles. The van der Waals surface area contributed by atoms with Crippen LogP contribution < -0.4 is 5.32 Å². The zero-order chi connectivity index (χ0) is 23.8. The molecule has 3 rings (SSSR count). The van der Waals surface area contributed by atoms with E-state index in [0.29, 0.717) is 6.54 Å². The monoisotopic (exact) mass is 449 g/mol. The smallest absolute Gasteiger partial charge is 0.240 e. The number of hydrogen-bond donors (Lipinski definition) is 1. The maximum atomic E-state index is 14.1. The molecule has 0 aliphatic heterocycles. The van der Waals surface area contributed by atoms with E-state index in [4.69, 9.17) is 0 Å². The molecule has 0 spiro atoms. The number of nitrogens with zero attached hydrogens (tertiary/aromatic N) is 2. The number of fused-ring (bicyclic) bond motifs is 1. The lowest BCUT2D eigenvalue weighted by Gasteiger charge is -2.37. The number of aryl methyl sites for hydroxylation is 1. The summed E-state index contributed by atoms with van der Waals surface area (Å²) in [7, 11) is 1.86. The first-order valence-electron chi connectivity index (χ1n) is 12.5. The molecule has 178 valence electrons. The minimum atomic E-state index is -0.443. The number of likely N-dealkylation sites (N-methyl/N-ethyl adjacent to an activating group) is 1. The maximum absolute atomic E-state index is 14.1. The minimum Gasteiger partial charge on any atom is -0.327 e. The van der Waals surface area contributed by atoms with Crippen LogP contribution in [0.5, 0.6) is 0 Å². The molecule has 0 bridgehead atoms. The quantitative estimate of drug-likeness (QED) is 0.489. The molecule has 1 aromatic carbocycles. The number of hydrogen-bond acceptors (Lipinski definition) is 4. The molecule has 5 nitrogen and oxygen atoms in total. The van der Waals surface area contributed by atoms with Gasteiger partial charge < -0.3 is 15.0 Å². The molecule has 2 unspecified atom stereocenters. The first-order valence-corrected chi connectivity index (χ1v) is 12.5. The predicted octanol–water partition coefficient (Wildman–Crippen LogP) is 4.37. The third-order valence-electron chi connectivity index (χ3n) is 7.26. The summed E-state index contributed by atoms with van der Waals surface area (Å²) in [6.45, 7) is 6.75. The fraction of sp³-hybridized carbons (Fsp3) is 0.536. The van der Waals surface area contributed by atoms with Gasteiger partial charge in [-0.3, -0.25) is 9.78 Å². The van der Waals surface area contributed by atoms with E-state index >= 15 is 0 Å². The molecule has 1 N–H and O–H groups in total. The van der Waals surface area contributed by atoms with Crippen molar-refractivity contribution in [1.29, 1.82) is 0 Å². The van der Waals surface area contributed by atoms with Crippen LogP contribution in [0.2, 0.25) is 0 Å². The van der Waals surface area contributed by atoms with Gasteiger partial charge >= 0.3 is 0 Å². The van der Waals surface area contributed by atoms with Crippen LogP contribution in [0.1, 0.15) is 62.4 Å². The second-order valence-corrected chi connectivity index (χ2v) is 9.23. The summed E-state index contributed by atoms with van der Waals surface area (Å²) in [5.74, 6) is 0.335. The average Bonchev–Trinajstić information content (AvgIpc) is 3.26. The van der Waals surface area contributed by atoms with E-state index in [1.807, 2.05) is 30.3 Å². The van der Waals surface area contributed by atoms with Gasteiger partial charge in [0.05, 0.1) is 12.1 Å². The highest BCUT2D eigenvalue weighted by Crippen LogP contribution is 2.31. The number of amides is 1. The normalized spacial score (nSPS) is 15.3. The Balaban J connectivity index is 1.93. The Morgan fingerprint density at radius 2 is 1.79 bits per heavy atom. The van der Waals surface area contributed by atoms with Crippen molar-refractivity contribution in [3.8, 4) is 0 Å². The number of nitrogens with one attached hydrogen (secondary N) is 1. The van der Waals surface area contributed by atoms with Crippen LogP contribution in [0.4, 0.5) is 0 Å². The van der Waals surface area contributed by atoms with Crippen molar-refractivity contribution in [2.45, 2.75) is 77.9 Å². The SMILES string of the molecule is CCCc1ncccc1CN(C(=O)C(NC)C1Cc2ccccc2C1)C(C=O)C(CC)CC. The van der Waals surface area contributed by atoms with Crippen molar-refractivity contribution in [2.75, 3.05) is 7.05 Å². The van der Waals surface area contributed by atoms with Crippen molar-refractivity contribution in [1.82, 2.24) is 15.2 Å². The van der Waals surface area contributed by atoms with Crippen LogP contribution in [0.15, 0.2) is 42.6 Å². The summed E-state index contributed by atoms with van der Waals surface area (Å²) in [5.41, 5.74) is 4.70. The van der Waals surface area contributed by atoms with E-state index < -0.39 is 6.04 Å². The Bertz CT molecular complexity index is 900. The maximum Gasteiger partial charge on any atom is 0.240 e. The van der Waals surface area contributed by atoms with Gasteiger partial charge in [-0.2, -0.15) is 0 Å². The van der Waals surface area contributed by atoms with Gasteiger partial charge in [-0.1, -0.05) is 70.4 Å². The first kappa shape index (κ1) is 25.1. The summed E-state index contributed by atoms with van der Waals surface area (Å²) >= 11 is 0. The van der Waals surface area contributed by atoms with E-state index in [9.17, 15) is 9.59 Å². The molecule has 1 amide bonds. The van der Waals surface area contributed by atoms with Gasteiger partial charge in [0.25, 0.3) is 0 Å². The van der Waals surface area contributed by atoms with Crippen LogP contribution in [0.3, 0.4) is 0 Å². The summed E-state index contributed by atoms with van der Waals surface area (Å²) in [5, 5.41) is 3.32. The van der Waals surface area contributed by atoms with Crippen LogP contribution in [-0.4, -0.2) is 41.2 Å². The molecule has 1 aliphatic carbocycles. The largest absolute Gasteiger partial charge is 0.327 e. The summed E-state index contributed by atoms with van der Waals surface area (Å²) in [6, 6.07) is 11.7. The lowest BCUT2D eigenvalue weighted by Crippen LogP contribution is -2.54.